The lowest BCUT2D eigenvalue weighted by molar-refractivity contribution is 0.0965. The predicted molar refractivity (Wildman–Crippen MR) is 59.4 cm³/mol. The first kappa shape index (κ1) is 10.7. The van der Waals surface area contributed by atoms with Gasteiger partial charge in [0.1, 0.15) is 0 Å². The van der Waals surface area contributed by atoms with Crippen molar-refractivity contribution in [2.45, 2.75) is 26.3 Å². The van der Waals surface area contributed by atoms with Crippen LogP contribution < -0.4 is 0 Å². The smallest absolute Gasteiger partial charge is 0.203 e. The minimum Gasteiger partial charge on any atom is -0.461 e. The SMILES string of the molecule is CC(C)n1ccc(CC(=O)c2ccco2)n1. The largest absolute Gasteiger partial charge is 0.461 e. The van der Waals surface area contributed by atoms with Crippen molar-refractivity contribution in [3.05, 3.63) is 42.1 Å². The monoisotopic (exact) mass is 218 g/mol. The van der Waals surface area contributed by atoms with Gasteiger partial charge in [-0.05, 0) is 32.0 Å². The molecule has 0 aliphatic carbocycles. The fraction of sp³-hybridized carbons (Fsp3) is 0.333. The van der Waals surface area contributed by atoms with Crippen molar-refractivity contribution < 1.29 is 9.21 Å². The fourth-order valence-corrected chi connectivity index (χ4v) is 1.45. The van der Waals surface area contributed by atoms with Crippen molar-refractivity contribution in [3.63, 3.8) is 0 Å². The average molecular weight is 218 g/mol. The van der Waals surface area contributed by atoms with E-state index in [1.807, 2.05) is 30.8 Å². The molecule has 0 saturated heterocycles. The van der Waals surface area contributed by atoms with Gasteiger partial charge < -0.3 is 4.42 Å². The van der Waals surface area contributed by atoms with Gasteiger partial charge in [0.25, 0.3) is 0 Å². The summed E-state index contributed by atoms with van der Waals surface area (Å²) in [6.07, 6.45) is 3.67. The maximum Gasteiger partial charge on any atom is 0.203 e. The van der Waals surface area contributed by atoms with Gasteiger partial charge in [-0.2, -0.15) is 5.10 Å². The number of rotatable bonds is 4. The van der Waals surface area contributed by atoms with Crippen LogP contribution in [0.2, 0.25) is 0 Å². The Morgan fingerprint density at radius 3 is 2.88 bits per heavy atom. The van der Waals surface area contributed by atoms with Crippen LogP contribution in [0, 0.1) is 0 Å². The molecule has 0 saturated carbocycles. The highest BCUT2D eigenvalue weighted by Gasteiger charge is 2.11. The van der Waals surface area contributed by atoms with Crippen molar-refractivity contribution in [1.29, 1.82) is 0 Å². The van der Waals surface area contributed by atoms with E-state index >= 15 is 0 Å². The number of furan rings is 1. The summed E-state index contributed by atoms with van der Waals surface area (Å²) < 4.78 is 6.88. The van der Waals surface area contributed by atoms with E-state index in [4.69, 9.17) is 4.42 Å². The first-order chi connectivity index (χ1) is 7.66. The second kappa shape index (κ2) is 4.35. The molecule has 0 N–H and O–H groups in total. The van der Waals surface area contributed by atoms with Crippen LogP contribution >= 0.6 is 0 Å². The van der Waals surface area contributed by atoms with Gasteiger partial charge in [-0.3, -0.25) is 9.48 Å². The minimum atomic E-state index is -0.0426. The second-order valence-corrected chi connectivity index (χ2v) is 3.96. The molecule has 0 amide bonds. The van der Waals surface area contributed by atoms with Gasteiger partial charge in [0.05, 0.1) is 18.4 Å². The molecule has 84 valence electrons. The molecule has 16 heavy (non-hydrogen) atoms. The third kappa shape index (κ3) is 2.21. The summed E-state index contributed by atoms with van der Waals surface area (Å²) in [6, 6.07) is 5.55. The molecule has 2 heterocycles. The summed E-state index contributed by atoms with van der Waals surface area (Å²) >= 11 is 0. The van der Waals surface area contributed by atoms with Crippen molar-refractivity contribution in [2.24, 2.45) is 0 Å². The van der Waals surface area contributed by atoms with Gasteiger partial charge in [0.15, 0.2) is 5.76 Å². The van der Waals surface area contributed by atoms with E-state index in [1.165, 1.54) is 6.26 Å². The number of aromatic nitrogens is 2. The van der Waals surface area contributed by atoms with Gasteiger partial charge in [-0.1, -0.05) is 0 Å². The fourth-order valence-electron chi connectivity index (χ4n) is 1.45. The molecular formula is C12H14N2O2. The number of hydrogen-bond donors (Lipinski definition) is 0. The lowest BCUT2D eigenvalue weighted by Crippen LogP contribution is -2.05. The highest BCUT2D eigenvalue weighted by molar-refractivity contribution is 5.94. The molecule has 2 aromatic rings. The Hall–Kier alpha value is -1.84. The normalized spacial score (nSPS) is 10.9. The highest BCUT2D eigenvalue weighted by Crippen LogP contribution is 2.08. The summed E-state index contributed by atoms with van der Waals surface area (Å²) in [7, 11) is 0. The second-order valence-electron chi connectivity index (χ2n) is 3.96. The van der Waals surface area contributed by atoms with Gasteiger partial charge in [0, 0.05) is 12.2 Å². The zero-order valence-corrected chi connectivity index (χ0v) is 9.38. The molecule has 0 aliphatic rings. The number of carbonyl (C=O) groups excluding carboxylic acids is 1. The summed E-state index contributed by atoms with van der Waals surface area (Å²) in [4.78, 5) is 11.7. The van der Waals surface area contributed by atoms with Crippen LogP contribution in [0.4, 0.5) is 0 Å². The topological polar surface area (TPSA) is 48.0 Å². The molecule has 0 aromatic carbocycles. The minimum absolute atomic E-state index is 0.0426. The van der Waals surface area contributed by atoms with E-state index in [1.54, 1.807) is 12.1 Å². The Kier molecular flexibility index (Phi) is 2.90. The Bertz CT molecular complexity index is 469. The molecule has 0 atom stereocenters. The van der Waals surface area contributed by atoms with Crippen molar-refractivity contribution in [2.75, 3.05) is 0 Å². The molecule has 0 unspecified atom stereocenters. The third-order valence-electron chi connectivity index (χ3n) is 2.33. The number of nitrogens with zero attached hydrogens (tertiary/aromatic N) is 2. The first-order valence-corrected chi connectivity index (χ1v) is 5.27. The Balaban J connectivity index is 2.07. The quantitative estimate of drug-likeness (QED) is 0.741. The Morgan fingerprint density at radius 1 is 1.50 bits per heavy atom. The lowest BCUT2D eigenvalue weighted by Gasteiger charge is -2.03. The lowest BCUT2D eigenvalue weighted by atomic mass is 10.2. The van der Waals surface area contributed by atoms with Crippen LogP contribution in [0.5, 0.6) is 0 Å². The highest BCUT2D eigenvalue weighted by atomic mass is 16.3. The van der Waals surface area contributed by atoms with Crippen LogP contribution in [-0.4, -0.2) is 15.6 Å². The van der Waals surface area contributed by atoms with Gasteiger partial charge in [0.2, 0.25) is 5.78 Å². The van der Waals surface area contributed by atoms with Crippen LogP contribution in [0.3, 0.4) is 0 Å². The molecule has 0 bridgehead atoms. The van der Waals surface area contributed by atoms with Crippen molar-refractivity contribution in [1.82, 2.24) is 9.78 Å². The average Bonchev–Trinajstić information content (AvgIpc) is 2.87. The van der Waals surface area contributed by atoms with Crippen LogP contribution in [0.25, 0.3) is 0 Å². The number of Topliss-reactive ketones (excluding diaryl/α,β-unsaturated/α-hetero) is 1. The zero-order valence-electron chi connectivity index (χ0n) is 9.38. The van der Waals surface area contributed by atoms with Gasteiger partial charge >= 0.3 is 0 Å². The predicted octanol–water partition coefficient (Wildman–Crippen LogP) is 2.48. The van der Waals surface area contributed by atoms with Gasteiger partial charge in [-0.25, -0.2) is 0 Å². The molecule has 2 aromatic heterocycles. The molecule has 0 fully saturated rings. The standard InChI is InChI=1S/C12H14N2O2/c1-9(2)14-6-5-10(13-14)8-11(15)12-4-3-7-16-12/h3-7,9H,8H2,1-2H3. The van der Waals surface area contributed by atoms with E-state index in [2.05, 4.69) is 5.10 Å². The van der Waals surface area contributed by atoms with Crippen molar-refractivity contribution >= 4 is 5.78 Å². The van der Waals surface area contributed by atoms with E-state index in [-0.39, 0.29) is 12.2 Å². The first-order valence-electron chi connectivity index (χ1n) is 5.27. The molecule has 0 aliphatic heterocycles. The maximum atomic E-state index is 11.7. The molecule has 4 heteroatoms. The summed E-state index contributed by atoms with van der Waals surface area (Å²) in [5.41, 5.74) is 0.773. The van der Waals surface area contributed by atoms with E-state index in [0.717, 1.165) is 5.69 Å². The van der Waals surface area contributed by atoms with Gasteiger partial charge in [-0.15, -0.1) is 0 Å². The zero-order chi connectivity index (χ0) is 11.5. The van der Waals surface area contributed by atoms with Crippen LogP contribution in [-0.2, 0) is 6.42 Å². The maximum absolute atomic E-state index is 11.7. The number of ketones is 1. The molecule has 4 nitrogen and oxygen atoms in total. The number of hydrogen-bond acceptors (Lipinski definition) is 3. The molecule has 2 rings (SSSR count). The summed E-state index contributed by atoms with van der Waals surface area (Å²) in [5.74, 6) is 0.345. The molecule has 0 spiro atoms. The van der Waals surface area contributed by atoms with E-state index in [9.17, 15) is 4.79 Å². The Morgan fingerprint density at radius 2 is 2.31 bits per heavy atom. The van der Waals surface area contributed by atoms with Crippen LogP contribution in [0.1, 0.15) is 36.1 Å². The Labute approximate surface area is 93.9 Å². The third-order valence-corrected chi connectivity index (χ3v) is 2.33. The molecular weight excluding hydrogens is 204 g/mol. The summed E-state index contributed by atoms with van der Waals surface area (Å²) in [5, 5.41) is 4.31. The van der Waals surface area contributed by atoms with Crippen molar-refractivity contribution in [3.8, 4) is 0 Å². The van der Waals surface area contributed by atoms with E-state index in [0.29, 0.717) is 11.8 Å². The number of carbonyl (C=O) groups is 1. The van der Waals surface area contributed by atoms with Crippen LogP contribution in [0.15, 0.2) is 35.1 Å². The molecule has 0 radical (unpaired) electrons. The summed E-state index contributed by atoms with van der Waals surface area (Å²) in [6.45, 7) is 4.09. The van der Waals surface area contributed by atoms with E-state index < -0.39 is 0 Å².